The Kier molecular flexibility index (Phi) is 6.55. The van der Waals surface area contributed by atoms with Crippen LogP contribution >= 0.6 is 23.4 Å². The predicted octanol–water partition coefficient (Wildman–Crippen LogP) is 4.97. The first kappa shape index (κ1) is 23.8. The van der Waals surface area contributed by atoms with Gasteiger partial charge in [-0.15, -0.1) is 11.8 Å². The van der Waals surface area contributed by atoms with Crippen molar-refractivity contribution >= 4 is 57.1 Å². The lowest BCUT2D eigenvalue weighted by atomic mass is 9.81. The normalized spacial score (nSPS) is 15.6. The molecule has 0 unspecified atom stereocenters. The molecule has 1 aromatic carbocycles. The summed E-state index contributed by atoms with van der Waals surface area (Å²) in [6.07, 6.45) is 1.56. The third kappa shape index (κ3) is 4.53. The molecule has 3 aromatic rings. The summed E-state index contributed by atoms with van der Waals surface area (Å²) in [6, 6.07) is 6.69. The summed E-state index contributed by atoms with van der Waals surface area (Å²) in [6.45, 7) is 2.22. The van der Waals surface area contributed by atoms with Crippen molar-refractivity contribution < 1.29 is 18.3 Å². The summed E-state index contributed by atoms with van der Waals surface area (Å²) < 4.78 is 33.3. The second-order valence-corrected chi connectivity index (χ2v) is 9.47. The molecular weight excluding hydrogens is 472 g/mol. The lowest BCUT2D eigenvalue weighted by Gasteiger charge is -2.37. The van der Waals surface area contributed by atoms with E-state index in [4.69, 9.17) is 21.3 Å². The van der Waals surface area contributed by atoms with Crippen molar-refractivity contribution in [2.75, 3.05) is 31.4 Å². The molecule has 0 atom stereocenters. The topological polar surface area (TPSA) is 64.4 Å². The molecule has 0 N–H and O–H groups in total. The Morgan fingerprint density at radius 3 is 2.64 bits per heavy atom. The molecule has 2 heterocycles. The number of nitrogens with zero attached hydrogens (tertiary/aromatic N) is 3. The minimum Gasteiger partial charge on any atom is -0.465 e. The van der Waals surface area contributed by atoms with Gasteiger partial charge in [-0.25, -0.2) is 13.8 Å². The van der Waals surface area contributed by atoms with Crippen LogP contribution < -0.4 is 10.3 Å². The molecule has 2 aromatic heterocycles. The Labute approximate surface area is 198 Å². The standard InChI is InChI=1S/C23H24ClF2N3O3S/c1-4-32-18(30)12-29-19-14(5-7-16(24)21(19)33-3)20(31)15-6-8-17(27-22(15)29)28(2)11-13-9-23(25,26)10-13/h5-8,13H,4,9-12H2,1-3H3. The van der Waals surface area contributed by atoms with E-state index in [-0.39, 0.29) is 37.3 Å². The molecule has 0 radical (unpaired) electrons. The Bertz CT molecular complexity index is 1290. The number of carbonyl (C=O) groups is 1. The zero-order valence-corrected chi connectivity index (χ0v) is 20.1. The van der Waals surface area contributed by atoms with E-state index in [0.29, 0.717) is 44.2 Å². The smallest absolute Gasteiger partial charge is 0.326 e. The minimum absolute atomic E-state index is 0.122. The van der Waals surface area contributed by atoms with E-state index in [1.807, 2.05) is 6.26 Å². The third-order valence-electron chi connectivity index (χ3n) is 5.85. The van der Waals surface area contributed by atoms with Gasteiger partial charge in [-0.3, -0.25) is 9.59 Å². The van der Waals surface area contributed by atoms with Crippen LogP contribution in [0.2, 0.25) is 5.02 Å². The fourth-order valence-electron chi connectivity index (χ4n) is 4.36. The van der Waals surface area contributed by atoms with Gasteiger partial charge in [0, 0.05) is 31.8 Å². The van der Waals surface area contributed by atoms with Gasteiger partial charge in [0.25, 0.3) is 0 Å². The van der Waals surface area contributed by atoms with E-state index in [1.165, 1.54) is 11.8 Å². The van der Waals surface area contributed by atoms with Crippen molar-refractivity contribution in [2.45, 2.75) is 37.1 Å². The molecule has 1 aliphatic carbocycles. The molecule has 6 nitrogen and oxygen atoms in total. The zero-order valence-electron chi connectivity index (χ0n) is 18.5. The molecule has 1 aliphatic rings. The molecule has 0 saturated heterocycles. The Morgan fingerprint density at radius 2 is 2.00 bits per heavy atom. The number of aromatic nitrogens is 2. The van der Waals surface area contributed by atoms with Crippen molar-refractivity contribution in [3.8, 4) is 0 Å². The number of hydrogen-bond acceptors (Lipinski definition) is 6. The largest absolute Gasteiger partial charge is 0.465 e. The average molecular weight is 496 g/mol. The minimum atomic E-state index is -2.59. The van der Waals surface area contributed by atoms with Gasteiger partial charge in [0.05, 0.1) is 27.4 Å². The van der Waals surface area contributed by atoms with E-state index in [2.05, 4.69) is 0 Å². The quantitative estimate of drug-likeness (QED) is 0.262. The second-order valence-electron chi connectivity index (χ2n) is 8.25. The van der Waals surface area contributed by atoms with Crippen LogP contribution in [0.25, 0.3) is 21.9 Å². The number of anilines is 1. The van der Waals surface area contributed by atoms with Gasteiger partial charge in [0.2, 0.25) is 5.92 Å². The van der Waals surface area contributed by atoms with Crippen molar-refractivity contribution in [1.82, 2.24) is 9.55 Å². The van der Waals surface area contributed by atoms with Gasteiger partial charge in [-0.05, 0) is 43.4 Å². The lowest BCUT2D eigenvalue weighted by molar-refractivity contribution is -0.143. The van der Waals surface area contributed by atoms with Gasteiger partial charge in [-0.2, -0.15) is 0 Å². The van der Waals surface area contributed by atoms with E-state index in [1.54, 1.807) is 47.7 Å². The first-order valence-electron chi connectivity index (χ1n) is 10.6. The summed E-state index contributed by atoms with van der Waals surface area (Å²) >= 11 is 7.79. The fourth-order valence-corrected chi connectivity index (χ4v) is 5.42. The highest BCUT2D eigenvalue weighted by Crippen LogP contribution is 2.43. The molecule has 33 heavy (non-hydrogen) atoms. The van der Waals surface area contributed by atoms with Crippen LogP contribution in [-0.2, 0) is 16.1 Å². The number of ether oxygens (including phenoxy) is 1. The van der Waals surface area contributed by atoms with Gasteiger partial charge in [0.1, 0.15) is 18.0 Å². The van der Waals surface area contributed by atoms with Crippen LogP contribution in [0.5, 0.6) is 0 Å². The first-order valence-corrected chi connectivity index (χ1v) is 12.2. The number of rotatable bonds is 7. The number of thioether (sulfide) groups is 1. The predicted molar refractivity (Wildman–Crippen MR) is 128 cm³/mol. The number of halogens is 3. The van der Waals surface area contributed by atoms with Crippen LogP contribution in [0.3, 0.4) is 0 Å². The van der Waals surface area contributed by atoms with Crippen LogP contribution in [-0.4, -0.2) is 47.9 Å². The number of alkyl halides is 2. The van der Waals surface area contributed by atoms with Crippen LogP contribution in [0.1, 0.15) is 19.8 Å². The molecule has 0 amide bonds. The Morgan fingerprint density at radius 1 is 1.30 bits per heavy atom. The first-order chi connectivity index (χ1) is 15.6. The number of esters is 1. The molecule has 176 valence electrons. The molecule has 10 heteroatoms. The van der Waals surface area contributed by atoms with E-state index in [0.717, 1.165) is 0 Å². The van der Waals surface area contributed by atoms with Gasteiger partial charge in [-0.1, -0.05) is 11.6 Å². The van der Waals surface area contributed by atoms with Crippen LogP contribution in [0.15, 0.2) is 34.0 Å². The Hall–Kier alpha value is -2.39. The summed E-state index contributed by atoms with van der Waals surface area (Å²) in [4.78, 5) is 32.9. The highest BCUT2D eigenvalue weighted by molar-refractivity contribution is 7.99. The van der Waals surface area contributed by atoms with Crippen LogP contribution in [0, 0.1) is 5.92 Å². The van der Waals surface area contributed by atoms with Gasteiger partial charge < -0.3 is 14.2 Å². The molecule has 0 aliphatic heterocycles. The average Bonchev–Trinajstić information content (AvgIpc) is 2.75. The maximum atomic E-state index is 13.3. The van der Waals surface area contributed by atoms with E-state index < -0.39 is 11.9 Å². The van der Waals surface area contributed by atoms with Crippen molar-refractivity contribution in [1.29, 1.82) is 0 Å². The van der Waals surface area contributed by atoms with Gasteiger partial charge in [0.15, 0.2) is 5.43 Å². The summed E-state index contributed by atoms with van der Waals surface area (Å²) in [5.74, 6) is -2.65. The van der Waals surface area contributed by atoms with E-state index >= 15 is 0 Å². The highest BCUT2D eigenvalue weighted by Gasteiger charge is 2.45. The molecule has 0 bridgehead atoms. The zero-order chi connectivity index (χ0) is 23.9. The summed E-state index contributed by atoms with van der Waals surface area (Å²) in [5, 5.41) is 1.25. The monoisotopic (exact) mass is 495 g/mol. The number of carbonyl (C=O) groups excluding carboxylic acids is 1. The molecule has 1 saturated carbocycles. The lowest BCUT2D eigenvalue weighted by Crippen LogP contribution is -2.41. The Balaban J connectivity index is 1.88. The fraction of sp³-hybridized carbons (Fsp3) is 0.435. The molecule has 4 rings (SSSR count). The van der Waals surface area contributed by atoms with Gasteiger partial charge >= 0.3 is 5.97 Å². The van der Waals surface area contributed by atoms with Crippen molar-refractivity contribution in [3.05, 3.63) is 39.5 Å². The molecular formula is C23H24ClF2N3O3S. The maximum Gasteiger partial charge on any atom is 0.326 e. The van der Waals surface area contributed by atoms with E-state index in [9.17, 15) is 18.4 Å². The summed E-state index contributed by atoms with van der Waals surface area (Å²) in [5.41, 5.74) is 0.625. The molecule has 1 fully saturated rings. The third-order valence-corrected chi connectivity index (χ3v) is 7.10. The maximum absolute atomic E-state index is 13.3. The SMILES string of the molecule is CCOC(=O)Cn1c2nc(N(C)CC3CC(F)(F)C3)ccc2c(=O)c2ccc(Cl)c(SC)c21. The number of pyridine rings is 2. The number of fused-ring (bicyclic) bond motifs is 2. The van der Waals surface area contributed by atoms with Crippen LogP contribution in [0.4, 0.5) is 14.6 Å². The second kappa shape index (κ2) is 9.10. The number of benzene rings is 1. The number of hydrogen-bond donors (Lipinski definition) is 0. The highest BCUT2D eigenvalue weighted by atomic mass is 35.5. The molecule has 0 spiro atoms. The summed E-state index contributed by atoms with van der Waals surface area (Å²) in [7, 11) is 1.78. The van der Waals surface area contributed by atoms with Crippen molar-refractivity contribution in [3.63, 3.8) is 0 Å². The van der Waals surface area contributed by atoms with Crippen molar-refractivity contribution in [2.24, 2.45) is 5.92 Å².